The van der Waals surface area contributed by atoms with Gasteiger partial charge in [0, 0.05) is 12.5 Å². The maximum absolute atomic E-state index is 11.5. The lowest BCUT2D eigenvalue weighted by molar-refractivity contribution is -0.144. The van der Waals surface area contributed by atoms with Gasteiger partial charge in [-0.25, -0.2) is 0 Å². The molecule has 1 N–H and O–H groups in total. The molecule has 0 radical (unpaired) electrons. The van der Waals surface area contributed by atoms with Gasteiger partial charge in [0.05, 0.1) is 0 Å². The van der Waals surface area contributed by atoms with Crippen LogP contribution >= 0.6 is 0 Å². The van der Waals surface area contributed by atoms with E-state index in [-0.39, 0.29) is 12.0 Å². The predicted octanol–water partition coefficient (Wildman–Crippen LogP) is 6.18. The molecule has 3 nitrogen and oxygen atoms in total. The molecule has 0 aromatic carbocycles. The summed E-state index contributed by atoms with van der Waals surface area (Å²) in [5.74, 6) is -0.0558. The topological polar surface area (TPSA) is 38.3 Å². The lowest BCUT2D eigenvalue weighted by atomic mass is 10.1. The van der Waals surface area contributed by atoms with E-state index in [4.69, 9.17) is 4.74 Å². The largest absolute Gasteiger partial charge is 0.464 e. The minimum Gasteiger partial charge on any atom is -0.464 e. The van der Waals surface area contributed by atoms with Crippen molar-refractivity contribution in [2.24, 2.45) is 0 Å². The van der Waals surface area contributed by atoms with Crippen LogP contribution in [0.15, 0.2) is 12.2 Å². The molecule has 0 rings (SSSR count). The Balaban J connectivity index is 3.22. The number of esters is 1. The maximum Gasteiger partial charge on any atom is 0.305 e. The second kappa shape index (κ2) is 19.5. The number of carbonyl (C=O) groups excluding carboxylic acids is 1. The predicted molar refractivity (Wildman–Crippen MR) is 109 cm³/mol. The van der Waals surface area contributed by atoms with E-state index in [0.29, 0.717) is 13.0 Å². The highest BCUT2D eigenvalue weighted by molar-refractivity contribution is 5.69. The third kappa shape index (κ3) is 19.3. The highest BCUT2D eigenvalue weighted by atomic mass is 16.5. The van der Waals surface area contributed by atoms with Crippen LogP contribution in [0.3, 0.4) is 0 Å². The molecule has 0 aromatic heterocycles. The fourth-order valence-electron chi connectivity index (χ4n) is 2.71. The van der Waals surface area contributed by atoms with Crippen molar-refractivity contribution in [1.29, 1.82) is 0 Å². The van der Waals surface area contributed by atoms with E-state index in [0.717, 1.165) is 12.8 Å². The lowest BCUT2D eigenvalue weighted by Gasteiger charge is -2.10. The molecule has 0 aliphatic carbocycles. The molecular formula is C22H43NO2. The second-order valence-electron chi connectivity index (χ2n) is 7.21. The zero-order valence-corrected chi connectivity index (χ0v) is 17.2. The Hall–Kier alpha value is -0.830. The summed E-state index contributed by atoms with van der Waals surface area (Å²) in [7, 11) is 1.88. The van der Waals surface area contributed by atoms with Gasteiger partial charge in [0.15, 0.2) is 0 Å². The summed E-state index contributed by atoms with van der Waals surface area (Å²) < 4.78 is 5.20. The number of nitrogens with one attached hydrogen (secondary N) is 1. The Labute approximate surface area is 157 Å². The van der Waals surface area contributed by atoms with Crippen LogP contribution in [0.4, 0.5) is 0 Å². The zero-order chi connectivity index (χ0) is 18.6. The molecule has 0 amide bonds. The Morgan fingerprint density at radius 2 is 1.40 bits per heavy atom. The number of unbranched alkanes of at least 4 members (excludes halogenated alkanes) is 11. The van der Waals surface area contributed by atoms with Crippen LogP contribution in [-0.4, -0.2) is 25.7 Å². The van der Waals surface area contributed by atoms with Gasteiger partial charge in [-0.3, -0.25) is 4.79 Å². The highest BCUT2D eigenvalue weighted by Crippen LogP contribution is 2.10. The van der Waals surface area contributed by atoms with Crippen LogP contribution < -0.4 is 5.32 Å². The van der Waals surface area contributed by atoms with Crippen LogP contribution in [0.25, 0.3) is 0 Å². The molecule has 0 bridgehead atoms. The van der Waals surface area contributed by atoms with E-state index in [2.05, 4.69) is 24.4 Å². The standard InChI is InChI=1S/C22H43NO2/c1-4-5-6-7-8-9-10-11-12-13-14-15-16-17-18-19-22(24)25-20-21(2)23-3/h11-12,21,23H,4-10,13-20H2,1-3H3. The first-order chi connectivity index (χ1) is 12.2. The van der Waals surface area contributed by atoms with Crippen LogP contribution in [0.1, 0.15) is 104 Å². The van der Waals surface area contributed by atoms with Crippen molar-refractivity contribution in [2.45, 2.75) is 110 Å². The van der Waals surface area contributed by atoms with E-state index in [9.17, 15) is 4.79 Å². The fourth-order valence-corrected chi connectivity index (χ4v) is 2.71. The van der Waals surface area contributed by atoms with Crippen molar-refractivity contribution in [3.63, 3.8) is 0 Å². The Bertz CT molecular complexity index is 315. The third-order valence-electron chi connectivity index (χ3n) is 4.63. The molecule has 0 saturated carbocycles. The van der Waals surface area contributed by atoms with Crippen LogP contribution in [0, 0.1) is 0 Å². The SMILES string of the molecule is CCCCCCCCC=CCCCCCCCC(=O)OCC(C)NC. The number of allylic oxidation sites excluding steroid dienone is 2. The van der Waals surface area contributed by atoms with Gasteiger partial charge in [-0.1, -0.05) is 70.4 Å². The number of carbonyl (C=O) groups is 1. The van der Waals surface area contributed by atoms with Crippen molar-refractivity contribution >= 4 is 5.97 Å². The monoisotopic (exact) mass is 353 g/mol. The first-order valence-electron chi connectivity index (χ1n) is 10.7. The number of hydrogen-bond donors (Lipinski definition) is 1. The third-order valence-corrected chi connectivity index (χ3v) is 4.63. The molecule has 0 fully saturated rings. The van der Waals surface area contributed by atoms with E-state index in [1.54, 1.807) is 0 Å². The van der Waals surface area contributed by atoms with Crippen molar-refractivity contribution in [1.82, 2.24) is 5.32 Å². The van der Waals surface area contributed by atoms with Crippen molar-refractivity contribution in [2.75, 3.05) is 13.7 Å². The minimum atomic E-state index is -0.0558. The van der Waals surface area contributed by atoms with E-state index in [1.165, 1.54) is 70.6 Å². The van der Waals surface area contributed by atoms with Crippen molar-refractivity contribution < 1.29 is 9.53 Å². The second-order valence-corrected chi connectivity index (χ2v) is 7.21. The van der Waals surface area contributed by atoms with Gasteiger partial charge in [-0.05, 0) is 46.1 Å². The molecule has 0 spiro atoms. The molecule has 0 aliphatic rings. The quantitative estimate of drug-likeness (QED) is 0.182. The van der Waals surface area contributed by atoms with Crippen molar-refractivity contribution in [3.8, 4) is 0 Å². The summed E-state index contributed by atoms with van der Waals surface area (Å²) in [6.45, 7) is 4.75. The van der Waals surface area contributed by atoms with Crippen LogP contribution in [-0.2, 0) is 9.53 Å². The Morgan fingerprint density at radius 1 is 0.880 bits per heavy atom. The van der Waals surface area contributed by atoms with Crippen LogP contribution in [0.2, 0.25) is 0 Å². The van der Waals surface area contributed by atoms with E-state index in [1.807, 2.05) is 14.0 Å². The summed E-state index contributed by atoms with van der Waals surface area (Å²) in [5, 5.41) is 3.06. The molecular weight excluding hydrogens is 310 g/mol. The normalized spacial score (nSPS) is 12.6. The Morgan fingerprint density at radius 3 is 1.96 bits per heavy atom. The smallest absolute Gasteiger partial charge is 0.305 e. The summed E-state index contributed by atoms with van der Waals surface area (Å²) in [5.41, 5.74) is 0. The van der Waals surface area contributed by atoms with Crippen molar-refractivity contribution in [3.05, 3.63) is 12.2 Å². The molecule has 0 aliphatic heterocycles. The molecule has 25 heavy (non-hydrogen) atoms. The molecule has 1 unspecified atom stereocenters. The number of hydrogen-bond acceptors (Lipinski definition) is 3. The molecule has 148 valence electrons. The summed E-state index contributed by atoms with van der Waals surface area (Å²) in [6.07, 6.45) is 21.9. The van der Waals surface area contributed by atoms with E-state index >= 15 is 0 Å². The summed E-state index contributed by atoms with van der Waals surface area (Å²) in [6, 6.07) is 0.234. The van der Waals surface area contributed by atoms with Crippen LogP contribution in [0.5, 0.6) is 0 Å². The minimum absolute atomic E-state index is 0.0558. The molecule has 3 heteroatoms. The average molecular weight is 354 g/mol. The molecule has 0 aromatic rings. The molecule has 1 atom stereocenters. The van der Waals surface area contributed by atoms with Gasteiger partial charge in [0.25, 0.3) is 0 Å². The average Bonchev–Trinajstić information content (AvgIpc) is 2.62. The van der Waals surface area contributed by atoms with E-state index < -0.39 is 0 Å². The highest BCUT2D eigenvalue weighted by Gasteiger charge is 2.05. The van der Waals surface area contributed by atoms with Gasteiger partial charge in [0.2, 0.25) is 0 Å². The first-order valence-corrected chi connectivity index (χ1v) is 10.7. The number of rotatable bonds is 18. The van der Waals surface area contributed by atoms with Gasteiger partial charge in [0.1, 0.15) is 6.61 Å². The van der Waals surface area contributed by atoms with Gasteiger partial charge < -0.3 is 10.1 Å². The van der Waals surface area contributed by atoms with Gasteiger partial charge in [-0.2, -0.15) is 0 Å². The first kappa shape index (κ1) is 24.2. The lowest BCUT2D eigenvalue weighted by Crippen LogP contribution is -2.28. The number of ether oxygens (including phenoxy) is 1. The van der Waals surface area contributed by atoms with Gasteiger partial charge >= 0.3 is 5.97 Å². The molecule has 0 saturated heterocycles. The molecule has 0 heterocycles. The zero-order valence-electron chi connectivity index (χ0n) is 17.2. The fraction of sp³-hybridized carbons (Fsp3) is 0.864. The maximum atomic E-state index is 11.5. The summed E-state index contributed by atoms with van der Waals surface area (Å²) >= 11 is 0. The number of likely N-dealkylation sites (N-methyl/N-ethyl adjacent to an activating group) is 1. The Kier molecular flexibility index (Phi) is 18.8. The summed E-state index contributed by atoms with van der Waals surface area (Å²) in [4.78, 5) is 11.5. The van der Waals surface area contributed by atoms with Gasteiger partial charge in [-0.15, -0.1) is 0 Å².